The van der Waals surface area contributed by atoms with Crippen molar-refractivity contribution in [1.29, 1.82) is 0 Å². The molecule has 37 heavy (non-hydrogen) atoms. The fraction of sp³-hybridized carbons (Fsp3) is 0.407. The van der Waals surface area contributed by atoms with Crippen LogP contribution in [0.5, 0.6) is 0 Å². The van der Waals surface area contributed by atoms with Crippen LogP contribution >= 0.6 is 11.3 Å². The fourth-order valence-electron chi connectivity index (χ4n) is 4.66. The van der Waals surface area contributed by atoms with E-state index in [4.69, 9.17) is 14.7 Å². The topological polar surface area (TPSA) is 87.9 Å². The number of pyridine rings is 1. The van der Waals surface area contributed by atoms with Crippen LogP contribution < -0.4 is 10.2 Å². The Morgan fingerprint density at radius 3 is 2.73 bits per heavy atom. The second-order valence-electron chi connectivity index (χ2n) is 9.29. The molecule has 0 aromatic carbocycles. The molecule has 5 rings (SSSR count). The largest absolute Gasteiger partial charge is 0.378 e. The number of nitrogens with one attached hydrogen (secondary N) is 1. The minimum atomic E-state index is -0.115. The van der Waals surface area contributed by atoms with Crippen LogP contribution in [0.2, 0.25) is 0 Å². The molecule has 1 saturated heterocycles. The van der Waals surface area contributed by atoms with E-state index in [1.807, 2.05) is 29.8 Å². The molecule has 10 heteroatoms. The molecule has 0 bridgehead atoms. The number of likely N-dealkylation sites (N-methyl/N-ethyl adjacent to an activating group) is 1. The Balaban J connectivity index is 1.49. The smallest absolute Gasteiger partial charge is 0.251 e. The molecular formula is C27H33N7O2S. The van der Waals surface area contributed by atoms with Gasteiger partial charge in [0.2, 0.25) is 0 Å². The van der Waals surface area contributed by atoms with E-state index in [2.05, 4.69) is 52.4 Å². The summed E-state index contributed by atoms with van der Waals surface area (Å²) in [5.74, 6) is 0.636. The summed E-state index contributed by atoms with van der Waals surface area (Å²) in [5.41, 5.74) is 4.67. The maximum atomic E-state index is 13.3. The van der Waals surface area contributed by atoms with Gasteiger partial charge < -0.3 is 15.0 Å². The zero-order valence-electron chi connectivity index (χ0n) is 21.7. The van der Waals surface area contributed by atoms with Crippen molar-refractivity contribution in [2.75, 3.05) is 44.7 Å². The lowest BCUT2D eigenvalue weighted by Crippen LogP contribution is -2.52. The zero-order valence-corrected chi connectivity index (χ0v) is 22.5. The van der Waals surface area contributed by atoms with Gasteiger partial charge in [0.25, 0.3) is 5.91 Å². The van der Waals surface area contributed by atoms with E-state index in [0.29, 0.717) is 23.4 Å². The van der Waals surface area contributed by atoms with Crippen molar-refractivity contribution in [2.24, 2.45) is 0 Å². The molecule has 1 fully saturated rings. The van der Waals surface area contributed by atoms with Crippen LogP contribution in [-0.2, 0) is 4.74 Å². The van der Waals surface area contributed by atoms with Gasteiger partial charge in [-0.05, 0) is 49.7 Å². The molecule has 4 aromatic heterocycles. The summed E-state index contributed by atoms with van der Waals surface area (Å²) in [6.07, 6.45) is 3.84. The van der Waals surface area contributed by atoms with Crippen molar-refractivity contribution in [1.82, 2.24) is 29.8 Å². The lowest BCUT2D eigenvalue weighted by Gasteiger charge is -2.39. The van der Waals surface area contributed by atoms with Crippen LogP contribution in [0.25, 0.3) is 28.2 Å². The lowest BCUT2D eigenvalue weighted by atomic mass is 10.1. The van der Waals surface area contributed by atoms with Gasteiger partial charge in [-0.3, -0.25) is 9.69 Å². The number of hydrogen-bond acceptors (Lipinski definition) is 8. The van der Waals surface area contributed by atoms with Gasteiger partial charge in [0.05, 0.1) is 29.3 Å². The lowest BCUT2D eigenvalue weighted by molar-refractivity contribution is 0.0783. The summed E-state index contributed by atoms with van der Waals surface area (Å²) in [5, 5.41) is 11.7. The number of thiophene rings is 1. The standard InChI is InChI=1S/C27H33N7O2S/c1-5-32(6-2)18(3)13-28-27(35)20-11-24(30-25(12-20)33-15-21(16-33)36-4)22-14-29-34-9-7-23(31-26(22)34)19-8-10-37-17-19/h7-12,14,17-18,21H,5-6,13,15-16H2,1-4H3,(H,28,35). The number of carbonyl (C=O) groups excluding carboxylic acids is 1. The Kier molecular flexibility index (Phi) is 7.50. The van der Waals surface area contributed by atoms with Gasteiger partial charge in [0.15, 0.2) is 5.65 Å². The number of rotatable bonds is 10. The Morgan fingerprint density at radius 2 is 2.03 bits per heavy atom. The third-order valence-corrected chi connectivity index (χ3v) is 7.72. The maximum absolute atomic E-state index is 13.3. The number of aromatic nitrogens is 4. The molecule has 1 aliphatic heterocycles. The summed E-state index contributed by atoms with van der Waals surface area (Å²) in [7, 11) is 1.72. The average Bonchev–Trinajstić information content (AvgIpc) is 3.57. The minimum absolute atomic E-state index is 0.115. The van der Waals surface area contributed by atoms with Gasteiger partial charge in [-0.15, -0.1) is 0 Å². The van der Waals surface area contributed by atoms with Crippen molar-refractivity contribution in [3.63, 3.8) is 0 Å². The number of hydrogen-bond donors (Lipinski definition) is 1. The van der Waals surface area contributed by atoms with Crippen molar-refractivity contribution in [2.45, 2.75) is 32.9 Å². The number of amides is 1. The van der Waals surface area contributed by atoms with E-state index < -0.39 is 0 Å². The van der Waals surface area contributed by atoms with E-state index in [0.717, 1.165) is 48.8 Å². The molecule has 0 saturated carbocycles. The molecule has 1 amide bonds. The van der Waals surface area contributed by atoms with Gasteiger partial charge in [-0.2, -0.15) is 16.4 Å². The molecule has 1 N–H and O–H groups in total. The van der Waals surface area contributed by atoms with Crippen molar-refractivity contribution >= 4 is 28.7 Å². The first-order valence-corrected chi connectivity index (χ1v) is 13.6. The summed E-state index contributed by atoms with van der Waals surface area (Å²) < 4.78 is 7.20. The Morgan fingerprint density at radius 1 is 1.22 bits per heavy atom. The molecule has 0 aliphatic carbocycles. The maximum Gasteiger partial charge on any atom is 0.251 e. The van der Waals surface area contributed by atoms with Crippen LogP contribution in [0, 0.1) is 0 Å². The van der Waals surface area contributed by atoms with Crippen molar-refractivity contribution in [3.8, 4) is 22.5 Å². The summed E-state index contributed by atoms with van der Waals surface area (Å²) >= 11 is 1.64. The number of anilines is 1. The highest BCUT2D eigenvalue weighted by molar-refractivity contribution is 7.08. The molecule has 5 heterocycles. The van der Waals surface area contributed by atoms with Gasteiger partial charge in [0.1, 0.15) is 5.82 Å². The van der Waals surface area contributed by atoms with Crippen LogP contribution in [-0.4, -0.2) is 82.4 Å². The van der Waals surface area contributed by atoms with Crippen molar-refractivity contribution in [3.05, 3.63) is 53.0 Å². The number of ether oxygens (including phenoxy) is 1. The van der Waals surface area contributed by atoms with E-state index >= 15 is 0 Å². The summed E-state index contributed by atoms with van der Waals surface area (Å²) in [6, 6.07) is 7.96. The van der Waals surface area contributed by atoms with Gasteiger partial charge in [-0.25, -0.2) is 14.5 Å². The van der Waals surface area contributed by atoms with Gasteiger partial charge >= 0.3 is 0 Å². The first-order valence-electron chi connectivity index (χ1n) is 12.7. The summed E-state index contributed by atoms with van der Waals surface area (Å²) in [6.45, 7) is 10.4. The molecule has 0 radical (unpaired) electrons. The van der Waals surface area contributed by atoms with E-state index in [9.17, 15) is 4.79 Å². The summed E-state index contributed by atoms with van der Waals surface area (Å²) in [4.78, 5) is 27.6. The number of methoxy groups -OCH3 is 1. The number of nitrogens with zero attached hydrogens (tertiary/aromatic N) is 6. The molecule has 1 atom stereocenters. The first-order chi connectivity index (χ1) is 18.0. The SMILES string of the molecule is CCN(CC)C(C)CNC(=O)c1cc(-c2cnn3ccc(-c4ccsc4)nc23)nc(N2CC(OC)C2)c1. The van der Waals surface area contributed by atoms with Crippen molar-refractivity contribution < 1.29 is 9.53 Å². The van der Waals surface area contributed by atoms with Gasteiger partial charge in [-0.1, -0.05) is 13.8 Å². The monoisotopic (exact) mass is 519 g/mol. The van der Waals surface area contributed by atoms with Crippen LogP contribution in [0.15, 0.2) is 47.4 Å². The second-order valence-corrected chi connectivity index (χ2v) is 10.1. The molecule has 0 spiro atoms. The van der Waals surface area contributed by atoms with Crippen LogP contribution in [0.4, 0.5) is 5.82 Å². The highest BCUT2D eigenvalue weighted by Crippen LogP contribution is 2.30. The highest BCUT2D eigenvalue weighted by Gasteiger charge is 2.29. The predicted octanol–water partition coefficient (Wildman–Crippen LogP) is 3.81. The minimum Gasteiger partial charge on any atom is -0.378 e. The molecule has 4 aromatic rings. The van der Waals surface area contributed by atoms with E-state index in [1.54, 1.807) is 29.2 Å². The quantitative estimate of drug-likeness (QED) is 0.341. The van der Waals surface area contributed by atoms with E-state index in [-0.39, 0.29) is 18.1 Å². The normalized spacial score (nSPS) is 14.8. The molecule has 1 unspecified atom stereocenters. The number of fused-ring (bicyclic) bond motifs is 1. The molecule has 1 aliphatic rings. The highest BCUT2D eigenvalue weighted by atomic mass is 32.1. The molecule has 9 nitrogen and oxygen atoms in total. The Bertz CT molecular complexity index is 1360. The third-order valence-electron chi connectivity index (χ3n) is 7.04. The fourth-order valence-corrected chi connectivity index (χ4v) is 5.31. The average molecular weight is 520 g/mol. The van der Waals surface area contributed by atoms with Crippen LogP contribution in [0.1, 0.15) is 31.1 Å². The second kappa shape index (κ2) is 11.0. The molecule has 194 valence electrons. The van der Waals surface area contributed by atoms with Gasteiger partial charge in [0, 0.05) is 55.5 Å². The van der Waals surface area contributed by atoms with E-state index in [1.165, 1.54) is 0 Å². The molecular weight excluding hydrogens is 486 g/mol. The Labute approximate surface area is 221 Å². The third kappa shape index (κ3) is 5.22. The first kappa shape index (κ1) is 25.3. The number of carbonyl (C=O) groups is 1. The zero-order chi connectivity index (χ0) is 25.9. The predicted molar refractivity (Wildman–Crippen MR) is 147 cm³/mol. The van der Waals surface area contributed by atoms with Crippen LogP contribution in [0.3, 0.4) is 0 Å². The Hall–Kier alpha value is -3.34.